The molecule has 0 heterocycles. The van der Waals surface area contributed by atoms with Crippen LogP contribution in [0.15, 0.2) is 29.3 Å². The van der Waals surface area contributed by atoms with Gasteiger partial charge in [-0.15, -0.1) is 24.0 Å². The highest BCUT2D eigenvalue weighted by Gasteiger charge is 2.15. The minimum absolute atomic E-state index is 0. The molecule has 1 aromatic rings. The van der Waals surface area contributed by atoms with Crippen molar-refractivity contribution in [1.82, 2.24) is 16.0 Å². The number of guanidine groups is 1. The van der Waals surface area contributed by atoms with Crippen molar-refractivity contribution in [2.24, 2.45) is 4.99 Å². The van der Waals surface area contributed by atoms with E-state index in [2.05, 4.69) is 20.9 Å². The molecule has 3 N–H and O–H groups in total. The predicted molar refractivity (Wildman–Crippen MR) is 120 cm³/mol. The molecule has 1 saturated carbocycles. The SMILES string of the molecule is CN=C(NCCC(=O)NC1CCCCC1)NCCc1ccccc1Cl.I. The van der Waals surface area contributed by atoms with Gasteiger partial charge in [0.15, 0.2) is 5.96 Å². The second-order valence-electron chi connectivity index (χ2n) is 6.42. The van der Waals surface area contributed by atoms with Gasteiger partial charge in [0.1, 0.15) is 0 Å². The molecule has 26 heavy (non-hydrogen) atoms. The zero-order valence-electron chi connectivity index (χ0n) is 15.4. The van der Waals surface area contributed by atoms with Crippen LogP contribution in [0.25, 0.3) is 0 Å². The number of nitrogens with zero attached hydrogens (tertiary/aromatic N) is 1. The van der Waals surface area contributed by atoms with Gasteiger partial charge in [-0.05, 0) is 30.9 Å². The van der Waals surface area contributed by atoms with Crippen LogP contribution in [-0.2, 0) is 11.2 Å². The first-order chi connectivity index (χ1) is 12.2. The van der Waals surface area contributed by atoms with Crippen LogP contribution in [0.4, 0.5) is 0 Å². The largest absolute Gasteiger partial charge is 0.356 e. The van der Waals surface area contributed by atoms with E-state index in [1.807, 2.05) is 24.3 Å². The lowest BCUT2D eigenvalue weighted by atomic mass is 9.95. The van der Waals surface area contributed by atoms with Crippen LogP contribution < -0.4 is 16.0 Å². The van der Waals surface area contributed by atoms with Crippen molar-refractivity contribution in [3.05, 3.63) is 34.9 Å². The van der Waals surface area contributed by atoms with E-state index in [4.69, 9.17) is 11.6 Å². The van der Waals surface area contributed by atoms with Gasteiger partial charge in [-0.2, -0.15) is 0 Å². The van der Waals surface area contributed by atoms with E-state index in [1.165, 1.54) is 19.3 Å². The molecule has 0 saturated heterocycles. The molecule has 1 aliphatic carbocycles. The number of benzene rings is 1. The molecule has 7 heteroatoms. The normalized spacial score (nSPS) is 15.1. The molecule has 1 fully saturated rings. The molecule has 1 aliphatic rings. The van der Waals surface area contributed by atoms with Crippen LogP contribution in [0.3, 0.4) is 0 Å². The van der Waals surface area contributed by atoms with E-state index in [0.717, 1.165) is 36.4 Å². The highest BCUT2D eigenvalue weighted by atomic mass is 127. The van der Waals surface area contributed by atoms with Gasteiger partial charge in [-0.25, -0.2) is 0 Å². The Balaban J connectivity index is 0.00000338. The Hall–Kier alpha value is -1.02. The summed E-state index contributed by atoms with van der Waals surface area (Å²) in [6.07, 6.45) is 7.26. The average Bonchev–Trinajstić information content (AvgIpc) is 2.62. The summed E-state index contributed by atoms with van der Waals surface area (Å²) in [4.78, 5) is 16.2. The summed E-state index contributed by atoms with van der Waals surface area (Å²) >= 11 is 6.15. The number of nitrogens with one attached hydrogen (secondary N) is 3. The fraction of sp³-hybridized carbons (Fsp3) is 0.579. The van der Waals surface area contributed by atoms with Gasteiger partial charge in [-0.1, -0.05) is 49.1 Å². The third-order valence-electron chi connectivity index (χ3n) is 4.48. The maximum atomic E-state index is 12.0. The fourth-order valence-corrected chi connectivity index (χ4v) is 3.31. The van der Waals surface area contributed by atoms with Crippen molar-refractivity contribution in [3.63, 3.8) is 0 Å². The van der Waals surface area contributed by atoms with Crippen molar-refractivity contribution in [3.8, 4) is 0 Å². The summed E-state index contributed by atoms with van der Waals surface area (Å²) in [7, 11) is 1.73. The topological polar surface area (TPSA) is 65.5 Å². The van der Waals surface area contributed by atoms with E-state index in [-0.39, 0.29) is 29.9 Å². The Labute approximate surface area is 178 Å². The summed E-state index contributed by atoms with van der Waals surface area (Å²) < 4.78 is 0. The highest BCUT2D eigenvalue weighted by molar-refractivity contribution is 14.0. The highest BCUT2D eigenvalue weighted by Crippen LogP contribution is 2.17. The average molecular weight is 493 g/mol. The molecular formula is C19H30ClIN4O. The predicted octanol–water partition coefficient (Wildman–Crippen LogP) is 3.50. The fourth-order valence-electron chi connectivity index (χ4n) is 3.08. The maximum Gasteiger partial charge on any atom is 0.221 e. The molecule has 0 bridgehead atoms. The number of hydrogen-bond donors (Lipinski definition) is 3. The second kappa shape index (κ2) is 13.2. The first-order valence-corrected chi connectivity index (χ1v) is 9.54. The van der Waals surface area contributed by atoms with Crippen LogP contribution in [0, 0.1) is 0 Å². The maximum absolute atomic E-state index is 12.0. The summed E-state index contributed by atoms with van der Waals surface area (Å²) in [6.45, 7) is 1.31. The standard InChI is InChI=1S/C19H29ClN4O.HI/c1-21-19(22-13-11-15-7-5-6-10-17(15)20)23-14-12-18(25)24-16-8-3-2-4-9-16;/h5-7,10,16H,2-4,8-9,11-14H2,1H3,(H,24,25)(H2,21,22,23);1H. The quantitative estimate of drug-likeness (QED) is 0.310. The van der Waals surface area contributed by atoms with Crippen LogP contribution in [0.1, 0.15) is 44.1 Å². The van der Waals surface area contributed by atoms with Crippen LogP contribution in [-0.4, -0.2) is 38.0 Å². The molecule has 1 amide bonds. The van der Waals surface area contributed by atoms with Gasteiger partial charge in [-0.3, -0.25) is 9.79 Å². The molecule has 1 aromatic carbocycles. The smallest absolute Gasteiger partial charge is 0.221 e. The van der Waals surface area contributed by atoms with Crippen molar-refractivity contribution in [2.75, 3.05) is 20.1 Å². The summed E-state index contributed by atoms with van der Waals surface area (Å²) in [5.74, 6) is 0.823. The number of amides is 1. The van der Waals surface area contributed by atoms with Crippen LogP contribution in [0.2, 0.25) is 5.02 Å². The molecule has 0 spiro atoms. The van der Waals surface area contributed by atoms with Gasteiger partial charge < -0.3 is 16.0 Å². The van der Waals surface area contributed by atoms with Crippen molar-refractivity contribution < 1.29 is 4.79 Å². The number of carbonyl (C=O) groups excluding carboxylic acids is 1. The molecule has 5 nitrogen and oxygen atoms in total. The Kier molecular flexibility index (Phi) is 11.7. The van der Waals surface area contributed by atoms with E-state index < -0.39 is 0 Å². The lowest BCUT2D eigenvalue weighted by molar-refractivity contribution is -0.121. The summed E-state index contributed by atoms with van der Waals surface area (Å²) in [5, 5.41) is 10.3. The van der Waals surface area contributed by atoms with E-state index in [9.17, 15) is 4.79 Å². The molecule has 0 radical (unpaired) electrons. The van der Waals surface area contributed by atoms with E-state index in [0.29, 0.717) is 25.0 Å². The Bertz CT molecular complexity index is 576. The third kappa shape index (κ3) is 8.58. The Morgan fingerprint density at radius 2 is 1.85 bits per heavy atom. The van der Waals surface area contributed by atoms with Gasteiger partial charge >= 0.3 is 0 Å². The van der Waals surface area contributed by atoms with E-state index in [1.54, 1.807) is 7.05 Å². The summed E-state index contributed by atoms with van der Waals surface area (Å²) in [5.41, 5.74) is 1.11. The lowest BCUT2D eigenvalue weighted by Crippen LogP contribution is -2.41. The van der Waals surface area contributed by atoms with Crippen LogP contribution >= 0.6 is 35.6 Å². The molecular weight excluding hydrogens is 463 g/mol. The molecule has 0 atom stereocenters. The van der Waals surface area contributed by atoms with Crippen molar-refractivity contribution >= 4 is 47.4 Å². The van der Waals surface area contributed by atoms with E-state index >= 15 is 0 Å². The first-order valence-electron chi connectivity index (χ1n) is 9.16. The van der Waals surface area contributed by atoms with Crippen molar-refractivity contribution in [1.29, 1.82) is 0 Å². The van der Waals surface area contributed by atoms with Gasteiger partial charge in [0.05, 0.1) is 0 Å². The second-order valence-corrected chi connectivity index (χ2v) is 6.83. The Morgan fingerprint density at radius 3 is 2.54 bits per heavy atom. The number of carbonyl (C=O) groups is 1. The molecule has 146 valence electrons. The summed E-state index contributed by atoms with van der Waals surface area (Å²) in [6, 6.07) is 8.21. The lowest BCUT2D eigenvalue weighted by Gasteiger charge is -2.22. The van der Waals surface area contributed by atoms with Gasteiger partial charge in [0.25, 0.3) is 0 Å². The zero-order chi connectivity index (χ0) is 17.9. The number of rotatable bonds is 7. The first kappa shape index (κ1) is 23.0. The monoisotopic (exact) mass is 492 g/mol. The third-order valence-corrected chi connectivity index (χ3v) is 4.85. The number of halogens is 2. The van der Waals surface area contributed by atoms with Crippen molar-refractivity contribution in [2.45, 2.75) is 51.0 Å². The minimum atomic E-state index is 0. The van der Waals surface area contributed by atoms with Gasteiger partial charge in [0.2, 0.25) is 5.91 Å². The number of aliphatic imine (C=N–C) groups is 1. The minimum Gasteiger partial charge on any atom is -0.356 e. The van der Waals surface area contributed by atoms with Crippen LogP contribution in [0.5, 0.6) is 0 Å². The molecule has 2 rings (SSSR count). The molecule has 0 aromatic heterocycles. The molecule has 0 aliphatic heterocycles. The zero-order valence-corrected chi connectivity index (χ0v) is 18.5. The molecule has 0 unspecified atom stereocenters. The Morgan fingerprint density at radius 1 is 1.15 bits per heavy atom. The number of hydrogen-bond acceptors (Lipinski definition) is 2. The van der Waals surface area contributed by atoms with Gasteiger partial charge in [0, 0.05) is 37.6 Å².